The fourth-order valence-electron chi connectivity index (χ4n) is 3.01. The highest BCUT2D eigenvalue weighted by molar-refractivity contribution is 14.0. The number of rotatable bonds is 8. The molecule has 1 saturated heterocycles. The summed E-state index contributed by atoms with van der Waals surface area (Å²) in [7, 11) is -0.970. The van der Waals surface area contributed by atoms with E-state index in [4.69, 9.17) is 4.99 Å². The van der Waals surface area contributed by atoms with Gasteiger partial charge in [-0.25, -0.2) is 0 Å². The maximum Gasteiger partial charge on any atom is 0.191 e. The zero-order valence-electron chi connectivity index (χ0n) is 15.2. The first-order valence-electron chi connectivity index (χ1n) is 8.94. The van der Waals surface area contributed by atoms with E-state index < -0.39 is 10.8 Å². The Balaban J connectivity index is 0.00000312. The largest absolute Gasteiger partial charge is 0.357 e. The van der Waals surface area contributed by atoms with Gasteiger partial charge in [-0.05, 0) is 45.0 Å². The van der Waals surface area contributed by atoms with E-state index in [0.29, 0.717) is 18.3 Å². The zero-order valence-corrected chi connectivity index (χ0v) is 18.4. The highest BCUT2D eigenvalue weighted by Gasteiger charge is 2.22. The molecular formula is C18H31IN4OS. The van der Waals surface area contributed by atoms with Gasteiger partial charge in [0.15, 0.2) is 5.96 Å². The van der Waals surface area contributed by atoms with Crippen LogP contribution in [0.15, 0.2) is 40.2 Å². The summed E-state index contributed by atoms with van der Waals surface area (Å²) in [6, 6.07) is 10.2. The number of benzene rings is 1. The molecule has 0 saturated carbocycles. The number of likely N-dealkylation sites (N-methyl/N-ethyl adjacent to an activating group) is 1. The van der Waals surface area contributed by atoms with Crippen LogP contribution in [0.4, 0.5) is 0 Å². The van der Waals surface area contributed by atoms with Crippen LogP contribution in [0.5, 0.6) is 0 Å². The number of aliphatic imine (C=N–C) groups is 1. The van der Waals surface area contributed by atoms with Crippen LogP contribution in [0.25, 0.3) is 0 Å². The number of nitrogens with zero attached hydrogens (tertiary/aromatic N) is 2. The smallest absolute Gasteiger partial charge is 0.191 e. The van der Waals surface area contributed by atoms with Gasteiger partial charge in [-0.1, -0.05) is 25.1 Å². The number of guanidine groups is 1. The first-order valence-corrected chi connectivity index (χ1v) is 10.3. The van der Waals surface area contributed by atoms with Crippen molar-refractivity contribution in [2.24, 2.45) is 4.99 Å². The Hall–Kier alpha value is -0.670. The third-order valence-corrected chi connectivity index (χ3v) is 5.67. The summed E-state index contributed by atoms with van der Waals surface area (Å²) in [6.45, 7) is 8.87. The Kier molecular flexibility index (Phi) is 11.3. The highest BCUT2D eigenvalue weighted by atomic mass is 127. The molecule has 25 heavy (non-hydrogen) atoms. The molecule has 1 fully saturated rings. The monoisotopic (exact) mass is 478 g/mol. The van der Waals surface area contributed by atoms with Crippen LogP contribution >= 0.6 is 24.0 Å². The van der Waals surface area contributed by atoms with Crippen molar-refractivity contribution in [2.75, 3.05) is 38.5 Å². The van der Waals surface area contributed by atoms with Crippen LogP contribution < -0.4 is 10.6 Å². The van der Waals surface area contributed by atoms with E-state index in [0.717, 1.165) is 30.5 Å². The summed E-state index contributed by atoms with van der Waals surface area (Å²) in [6.07, 6.45) is 2.50. The van der Waals surface area contributed by atoms with Crippen molar-refractivity contribution in [1.82, 2.24) is 15.5 Å². The predicted molar refractivity (Wildman–Crippen MR) is 117 cm³/mol. The Labute approximate surface area is 171 Å². The minimum absolute atomic E-state index is 0. The lowest BCUT2D eigenvalue weighted by Gasteiger charge is -2.21. The van der Waals surface area contributed by atoms with Crippen molar-refractivity contribution in [3.05, 3.63) is 30.3 Å². The third-order valence-electron chi connectivity index (χ3n) is 4.30. The van der Waals surface area contributed by atoms with E-state index in [1.54, 1.807) is 0 Å². The van der Waals surface area contributed by atoms with E-state index in [1.807, 2.05) is 30.3 Å². The highest BCUT2D eigenvalue weighted by Crippen LogP contribution is 2.16. The van der Waals surface area contributed by atoms with Gasteiger partial charge in [0.25, 0.3) is 0 Å². The van der Waals surface area contributed by atoms with Gasteiger partial charge >= 0.3 is 0 Å². The van der Waals surface area contributed by atoms with Gasteiger partial charge < -0.3 is 10.6 Å². The molecule has 142 valence electrons. The van der Waals surface area contributed by atoms with Gasteiger partial charge in [-0.15, -0.1) is 24.0 Å². The van der Waals surface area contributed by atoms with Crippen LogP contribution in [-0.4, -0.2) is 59.6 Å². The van der Waals surface area contributed by atoms with Crippen LogP contribution in [-0.2, 0) is 10.8 Å². The summed E-state index contributed by atoms with van der Waals surface area (Å²) in [5.74, 6) is 1.41. The van der Waals surface area contributed by atoms with Crippen LogP contribution in [0.3, 0.4) is 0 Å². The van der Waals surface area contributed by atoms with Gasteiger partial charge in [0.1, 0.15) is 0 Å². The molecule has 7 heteroatoms. The van der Waals surface area contributed by atoms with E-state index in [2.05, 4.69) is 29.4 Å². The molecule has 0 bridgehead atoms. The summed E-state index contributed by atoms with van der Waals surface area (Å²) in [5, 5.41) is 6.58. The molecule has 1 aromatic rings. The van der Waals surface area contributed by atoms with Crippen LogP contribution in [0, 0.1) is 0 Å². The molecule has 2 N–H and O–H groups in total. The second-order valence-electron chi connectivity index (χ2n) is 5.93. The molecule has 1 aromatic carbocycles. The molecular weight excluding hydrogens is 447 g/mol. The van der Waals surface area contributed by atoms with E-state index in [9.17, 15) is 4.21 Å². The lowest BCUT2D eigenvalue weighted by Crippen LogP contribution is -2.40. The first kappa shape index (κ1) is 22.4. The number of halogens is 1. The molecule has 0 spiro atoms. The number of nitrogens with one attached hydrogen (secondary N) is 2. The summed E-state index contributed by atoms with van der Waals surface area (Å²) in [5.41, 5.74) is 0. The lowest BCUT2D eigenvalue weighted by atomic mass is 10.2. The van der Waals surface area contributed by atoms with Crippen molar-refractivity contribution >= 4 is 40.7 Å². The normalized spacial score (nSPS) is 19.3. The first-order chi connectivity index (χ1) is 11.7. The SMILES string of the molecule is CCNC(=NCC1CCCN1CC)NCCS(=O)c1ccccc1.I. The fraction of sp³-hybridized carbons (Fsp3) is 0.611. The molecule has 2 unspecified atom stereocenters. The van der Waals surface area contributed by atoms with Gasteiger partial charge in [-0.3, -0.25) is 14.1 Å². The number of hydrogen-bond donors (Lipinski definition) is 2. The van der Waals surface area contributed by atoms with Crippen molar-refractivity contribution in [3.63, 3.8) is 0 Å². The second-order valence-corrected chi connectivity index (χ2v) is 7.50. The number of likely N-dealkylation sites (tertiary alicyclic amines) is 1. The van der Waals surface area contributed by atoms with Gasteiger partial charge in [0, 0.05) is 29.8 Å². The van der Waals surface area contributed by atoms with Crippen LogP contribution in [0.2, 0.25) is 0 Å². The fourth-order valence-corrected chi connectivity index (χ4v) is 3.99. The predicted octanol–water partition coefficient (Wildman–Crippen LogP) is 2.45. The average molecular weight is 478 g/mol. The quantitative estimate of drug-likeness (QED) is 0.343. The summed E-state index contributed by atoms with van der Waals surface area (Å²) >= 11 is 0. The van der Waals surface area contributed by atoms with E-state index in [1.165, 1.54) is 19.4 Å². The lowest BCUT2D eigenvalue weighted by molar-refractivity contribution is 0.273. The Morgan fingerprint density at radius 2 is 2.04 bits per heavy atom. The zero-order chi connectivity index (χ0) is 17.2. The molecule has 0 radical (unpaired) electrons. The third kappa shape index (κ3) is 7.62. The Morgan fingerprint density at radius 1 is 1.28 bits per heavy atom. The molecule has 0 amide bonds. The average Bonchev–Trinajstić information content (AvgIpc) is 3.08. The van der Waals surface area contributed by atoms with Gasteiger partial charge in [0.05, 0.1) is 17.3 Å². The second kappa shape index (κ2) is 12.6. The standard InChI is InChI=1S/C18H30N4OS.HI/c1-3-19-18(21-15-16-9-8-13-22(16)4-2)20-12-14-24(23)17-10-6-5-7-11-17;/h5-7,10-11,16H,3-4,8-9,12-15H2,1-2H3,(H2,19,20,21);1H. The molecule has 2 rings (SSSR count). The van der Waals surface area contributed by atoms with Crippen molar-refractivity contribution in [1.29, 1.82) is 0 Å². The Bertz CT molecular complexity index is 541. The molecule has 1 aliphatic rings. The maximum atomic E-state index is 12.2. The van der Waals surface area contributed by atoms with Crippen LogP contribution in [0.1, 0.15) is 26.7 Å². The van der Waals surface area contributed by atoms with E-state index in [-0.39, 0.29) is 24.0 Å². The van der Waals surface area contributed by atoms with Crippen molar-refractivity contribution < 1.29 is 4.21 Å². The van der Waals surface area contributed by atoms with Crippen molar-refractivity contribution in [3.8, 4) is 0 Å². The molecule has 2 atom stereocenters. The van der Waals surface area contributed by atoms with Gasteiger partial charge in [-0.2, -0.15) is 0 Å². The number of hydrogen-bond acceptors (Lipinski definition) is 3. The Morgan fingerprint density at radius 3 is 2.72 bits per heavy atom. The van der Waals surface area contributed by atoms with E-state index >= 15 is 0 Å². The molecule has 0 aromatic heterocycles. The molecule has 1 aliphatic heterocycles. The van der Waals surface area contributed by atoms with Gasteiger partial charge in [0.2, 0.25) is 0 Å². The topological polar surface area (TPSA) is 56.7 Å². The molecule has 1 heterocycles. The minimum atomic E-state index is -0.970. The molecule has 0 aliphatic carbocycles. The maximum absolute atomic E-state index is 12.2. The summed E-state index contributed by atoms with van der Waals surface area (Å²) in [4.78, 5) is 8.09. The van der Waals surface area contributed by atoms with Crippen molar-refractivity contribution in [2.45, 2.75) is 37.6 Å². The minimum Gasteiger partial charge on any atom is -0.357 e. The summed E-state index contributed by atoms with van der Waals surface area (Å²) < 4.78 is 12.2. The molecule has 5 nitrogen and oxygen atoms in total.